The van der Waals surface area contributed by atoms with E-state index >= 15 is 0 Å². The van der Waals surface area contributed by atoms with E-state index in [1.54, 1.807) is 25.1 Å². The summed E-state index contributed by atoms with van der Waals surface area (Å²) in [4.78, 5) is 10.1. The van der Waals surface area contributed by atoms with Crippen molar-refractivity contribution in [3.63, 3.8) is 0 Å². The normalized spacial score (nSPS) is 13.6. The average molecular weight is 412 g/mol. The second-order valence-corrected chi connectivity index (χ2v) is 7.33. The van der Waals surface area contributed by atoms with E-state index in [9.17, 15) is 22.7 Å². The summed E-state index contributed by atoms with van der Waals surface area (Å²) in [6, 6.07) is 3.25. The van der Waals surface area contributed by atoms with E-state index in [0.717, 1.165) is 12.1 Å². The molecule has 7 nitrogen and oxygen atoms in total. The summed E-state index contributed by atoms with van der Waals surface area (Å²) in [5.74, 6) is -0.211. The lowest BCUT2D eigenvalue weighted by molar-refractivity contribution is -0.140. The Labute approximate surface area is 164 Å². The van der Waals surface area contributed by atoms with Gasteiger partial charge in [-0.3, -0.25) is 0 Å². The van der Waals surface area contributed by atoms with Crippen LogP contribution in [0.15, 0.2) is 30.6 Å². The maximum absolute atomic E-state index is 14.1. The van der Waals surface area contributed by atoms with Gasteiger partial charge < -0.3 is 15.3 Å². The molecule has 0 saturated carbocycles. The van der Waals surface area contributed by atoms with Gasteiger partial charge in [0, 0.05) is 20.2 Å². The molecule has 11 heteroatoms. The SMILES string of the molecule is CN(C)c1cc(N[C@H](c2ccc(C(F)(F)F)c(F)c2)C(C)(C)O)n2ncnc2n1. The first-order chi connectivity index (χ1) is 13.4. The fourth-order valence-corrected chi connectivity index (χ4v) is 2.89. The number of anilines is 2. The zero-order valence-corrected chi connectivity index (χ0v) is 16.2. The molecule has 2 N–H and O–H groups in total. The molecule has 2 aromatic heterocycles. The van der Waals surface area contributed by atoms with Crippen LogP contribution in [0.1, 0.15) is 31.0 Å². The topological polar surface area (TPSA) is 78.6 Å². The molecular formula is C18H20F4N6O. The first-order valence-electron chi connectivity index (χ1n) is 8.61. The predicted molar refractivity (Wildman–Crippen MR) is 99.2 cm³/mol. The van der Waals surface area contributed by atoms with E-state index in [-0.39, 0.29) is 11.3 Å². The number of nitrogens with one attached hydrogen (secondary N) is 1. The molecule has 29 heavy (non-hydrogen) atoms. The molecule has 0 aliphatic heterocycles. The van der Waals surface area contributed by atoms with Gasteiger partial charge in [-0.2, -0.15) is 32.8 Å². The molecule has 1 aromatic carbocycles. The molecular weight excluding hydrogens is 392 g/mol. The van der Waals surface area contributed by atoms with E-state index in [0.29, 0.717) is 17.7 Å². The largest absolute Gasteiger partial charge is 0.419 e. The summed E-state index contributed by atoms with van der Waals surface area (Å²) in [7, 11) is 3.55. The van der Waals surface area contributed by atoms with Crippen molar-refractivity contribution in [2.24, 2.45) is 0 Å². The lowest BCUT2D eigenvalue weighted by Crippen LogP contribution is -2.35. The minimum Gasteiger partial charge on any atom is -0.388 e. The maximum Gasteiger partial charge on any atom is 0.419 e. The van der Waals surface area contributed by atoms with Gasteiger partial charge in [0.25, 0.3) is 5.78 Å². The molecule has 0 radical (unpaired) electrons. The molecule has 0 fully saturated rings. The number of aromatic nitrogens is 4. The first kappa shape index (κ1) is 20.8. The fraction of sp³-hybridized carbons (Fsp3) is 0.389. The Bertz CT molecular complexity index is 1030. The van der Waals surface area contributed by atoms with Crippen molar-refractivity contribution >= 4 is 17.4 Å². The van der Waals surface area contributed by atoms with Gasteiger partial charge in [0.15, 0.2) is 0 Å². The summed E-state index contributed by atoms with van der Waals surface area (Å²) in [5.41, 5.74) is -2.69. The number of aliphatic hydroxyl groups is 1. The Morgan fingerprint density at radius 3 is 2.41 bits per heavy atom. The van der Waals surface area contributed by atoms with Gasteiger partial charge in [-0.1, -0.05) is 6.07 Å². The third-order valence-corrected chi connectivity index (χ3v) is 4.33. The Kier molecular flexibility index (Phi) is 5.11. The minimum absolute atomic E-state index is 0.138. The number of alkyl halides is 3. The summed E-state index contributed by atoms with van der Waals surface area (Å²) in [6.45, 7) is 2.93. The van der Waals surface area contributed by atoms with E-state index in [1.807, 2.05) is 0 Å². The van der Waals surface area contributed by atoms with Gasteiger partial charge in [-0.25, -0.2) is 4.39 Å². The van der Waals surface area contributed by atoms with Crippen molar-refractivity contribution < 1.29 is 22.7 Å². The Hall–Kier alpha value is -2.95. The molecule has 0 aliphatic carbocycles. The van der Waals surface area contributed by atoms with Crippen molar-refractivity contribution in [3.05, 3.63) is 47.5 Å². The van der Waals surface area contributed by atoms with Crippen molar-refractivity contribution in [2.75, 3.05) is 24.3 Å². The average Bonchev–Trinajstić information content (AvgIpc) is 3.05. The maximum atomic E-state index is 14.1. The summed E-state index contributed by atoms with van der Waals surface area (Å²) >= 11 is 0. The van der Waals surface area contributed by atoms with Crippen LogP contribution >= 0.6 is 0 Å². The van der Waals surface area contributed by atoms with Crippen molar-refractivity contribution in [1.82, 2.24) is 19.6 Å². The smallest absolute Gasteiger partial charge is 0.388 e. The second kappa shape index (κ2) is 7.14. The highest BCUT2D eigenvalue weighted by atomic mass is 19.4. The summed E-state index contributed by atoms with van der Waals surface area (Å²) in [6.07, 6.45) is -3.51. The van der Waals surface area contributed by atoms with Crippen LogP contribution < -0.4 is 10.2 Å². The summed E-state index contributed by atoms with van der Waals surface area (Å²) in [5, 5.41) is 17.7. The zero-order valence-electron chi connectivity index (χ0n) is 16.2. The van der Waals surface area contributed by atoms with Gasteiger partial charge in [0.2, 0.25) is 0 Å². The van der Waals surface area contributed by atoms with Crippen LogP contribution in [-0.2, 0) is 6.18 Å². The highest BCUT2D eigenvalue weighted by Gasteiger charge is 2.36. The van der Waals surface area contributed by atoms with Crippen LogP contribution in [0.25, 0.3) is 5.78 Å². The number of hydrogen-bond donors (Lipinski definition) is 2. The molecule has 3 rings (SSSR count). The first-order valence-corrected chi connectivity index (χ1v) is 8.61. The van der Waals surface area contributed by atoms with Crippen molar-refractivity contribution in [2.45, 2.75) is 31.7 Å². The molecule has 1 atom stereocenters. The molecule has 0 saturated heterocycles. The van der Waals surface area contributed by atoms with E-state index in [4.69, 9.17) is 0 Å². The number of halogens is 4. The number of fused-ring (bicyclic) bond motifs is 1. The number of rotatable bonds is 5. The van der Waals surface area contributed by atoms with Crippen molar-refractivity contribution in [3.8, 4) is 0 Å². The second-order valence-electron chi connectivity index (χ2n) is 7.33. The molecule has 3 aromatic rings. The molecule has 156 valence electrons. The van der Waals surface area contributed by atoms with Gasteiger partial charge >= 0.3 is 6.18 Å². The third kappa shape index (κ3) is 4.24. The molecule has 0 aliphatic rings. The highest BCUT2D eigenvalue weighted by Crippen LogP contribution is 2.35. The van der Waals surface area contributed by atoms with Crippen LogP contribution in [0.5, 0.6) is 0 Å². The zero-order chi connectivity index (χ0) is 21.6. The van der Waals surface area contributed by atoms with Crippen LogP contribution in [0.4, 0.5) is 29.2 Å². The predicted octanol–water partition coefficient (Wildman–Crippen LogP) is 3.27. The third-order valence-electron chi connectivity index (χ3n) is 4.33. The molecule has 0 unspecified atom stereocenters. The highest BCUT2D eigenvalue weighted by molar-refractivity contribution is 5.56. The molecule has 0 amide bonds. The molecule has 0 bridgehead atoms. The Morgan fingerprint density at radius 1 is 1.17 bits per heavy atom. The molecule has 2 heterocycles. The number of benzene rings is 1. The summed E-state index contributed by atoms with van der Waals surface area (Å²) < 4.78 is 54.2. The van der Waals surface area contributed by atoms with E-state index in [2.05, 4.69) is 20.4 Å². The van der Waals surface area contributed by atoms with Crippen LogP contribution in [0.2, 0.25) is 0 Å². The standard InChI is InChI=1S/C18H20F4N6O/c1-17(2,29)15(10-5-6-11(12(19)7-10)18(20,21)22)25-14-8-13(27(3)4)26-16-23-9-24-28(14)16/h5-9,15,25,29H,1-4H3/t15-/m1/s1. The monoisotopic (exact) mass is 412 g/mol. The van der Waals surface area contributed by atoms with Gasteiger partial charge in [0.1, 0.15) is 23.8 Å². The van der Waals surface area contributed by atoms with Gasteiger partial charge in [-0.15, -0.1) is 0 Å². The quantitative estimate of drug-likeness (QED) is 0.627. The van der Waals surface area contributed by atoms with Crippen LogP contribution in [0, 0.1) is 5.82 Å². The van der Waals surface area contributed by atoms with Crippen molar-refractivity contribution in [1.29, 1.82) is 0 Å². The number of nitrogens with zero attached hydrogens (tertiary/aromatic N) is 5. The Morgan fingerprint density at radius 2 is 1.86 bits per heavy atom. The number of hydrogen-bond acceptors (Lipinski definition) is 6. The lowest BCUT2D eigenvalue weighted by atomic mass is 9.91. The van der Waals surface area contributed by atoms with E-state index in [1.165, 1.54) is 24.7 Å². The van der Waals surface area contributed by atoms with Gasteiger partial charge in [-0.05, 0) is 31.5 Å². The fourth-order valence-electron chi connectivity index (χ4n) is 2.89. The Balaban J connectivity index is 2.08. The minimum atomic E-state index is -4.81. The van der Waals surface area contributed by atoms with E-state index < -0.39 is 29.2 Å². The van der Waals surface area contributed by atoms with Crippen LogP contribution in [-0.4, -0.2) is 44.4 Å². The molecule has 0 spiro atoms. The van der Waals surface area contributed by atoms with Crippen LogP contribution in [0.3, 0.4) is 0 Å². The van der Waals surface area contributed by atoms with Gasteiger partial charge in [0.05, 0.1) is 17.2 Å². The lowest BCUT2D eigenvalue weighted by Gasteiger charge is -2.32.